The van der Waals surface area contributed by atoms with Crippen molar-refractivity contribution in [3.05, 3.63) is 40.1 Å². The second-order valence-corrected chi connectivity index (χ2v) is 5.04. The molecule has 1 N–H and O–H groups in total. The average Bonchev–Trinajstić information content (AvgIpc) is 2.78. The first-order chi connectivity index (χ1) is 8.22. The Morgan fingerprint density at radius 3 is 3.06 bits per heavy atom. The standard InChI is InChI=1S/C12H12ClFN2S/c1-2-15-6-8-7-16-12(17-8)9-4-3-5-10(13)11(9)14/h3-5,7,15H,2,6H2,1H3. The van der Waals surface area contributed by atoms with E-state index in [1.165, 1.54) is 17.4 Å². The second kappa shape index (κ2) is 5.58. The van der Waals surface area contributed by atoms with Gasteiger partial charge in [-0.25, -0.2) is 9.37 Å². The number of nitrogens with zero attached hydrogens (tertiary/aromatic N) is 1. The summed E-state index contributed by atoms with van der Waals surface area (Å²) < 4.78 is 13.8. The fourth-order valence-electron chi connectivity index (χ4n) is 1.43. The lowest BCUT2D eigenvalue weighted by Crippen LogP contribution is -2.10. The smallest absolute Gasteiger partial charge is 0.152 e. The van der Waals surface area contributed by atoms with Crippen molar-refractivity contribution >= 4 is 22.9 Å². The molecule has 1 aromatic carbocycles. The highest BCUT2D eigenvalue weighted by Crippen LogP contribution is 2.30. The Bertz CT molecular complexity index is 513. The van der Waals surface area contributed by atoms with Crippen LogP contribution in [0.2, 0.25) is 5.02 Å². The number of aromatic nitrogens is 1. The maximum absolute atomic E-state index is 13.8. The summed E-state index contributed by atoms with van der Waals surface area (Å²) in [6.07, 6.45) is 1.77. The highest BCUT2D eigenvalue weighted by Gasteiger charge is 2.11. The van der Waals surface area contributed by atoms with Gasteiger partial charge in [0.1, 0.15) is 5.01 Å². The van der Waals surface area contributed by atoms with Gasteiger partial charge in [0.05, 0.1) is 5.02 Å². The molecule has 0 spiro atoms. The van der Waals surface area contributed by atoms with Gasteiger partial charge in [0.25, 0.3) is 0 Å². The van der Waals surface area contributed by atoms with E-state index >= 15 is 0 Å². The van der Waals surface area contributed by atoms with Crippen LogP contribution in [0, 0.1) is 5.82 Å². The van der Waals surface area contributed by atoms with Crippen molar-refractivity contribution in [2.75, 3.05) is 6.54 Å². The van der Waals surface area contributed by atoms with Crippen molar-refractivity contribution in [1.29, 1.82) is 0 Å². The van der Waals surface area contributed by atoms with E-state index in [0.29, 0.717) is 10.6 Å². The Labute approximate surface area is 108 Å². The van der Waals surface area contributed by atoms with E-state index < -0.39 is 5.82 Å². The van der Waals surface area contributed by atoms with Gasteiger partial charge < -0.3 is 5.32 Å². The zero-order chi connectivity index (χ0) is 12.3. The summed E-state index contributed by atoms with van der Waals surface area (Å²) >= 11 is 7.22. The molecule has 2 rings (SSSR count). The number of hydrogen-bond donors (Lipinski definition) is 1. The van der Waals surface area contributed by atoms with Crippen molar-refractivity contribution in [3.8, 4) is 10.6 Å². The van der Waals surface area contributed by atoms with Crippen molar-refractivity contribution < 1.29 is 4.39 Å². The number of halogens is 2. The lowest BCUT2D eigenvalue weighted by atomic mass is 10.2. The molecule has 17 heavy (non-hydrogen) atoms. The summed E-state index contributed by atoms with van der Waals surface area (Å²) in [7, 11) is 0. The van der Waals surface area contributed by atoms with E-state index in [1.807, 2.05) is 6.92 Å². The minimum Gasteiger partial charge on any atom is -0.312 e. The van der Waals surface area contributed by atoms with Crippen LogP contribution in [0.5, 0.6) is 0 Å². The Morgan fingerprint density at radius 2 is 2.29 bits per heavy atom. The van der Waals surface area contributed by atoms with Gasteiger partial charge >= 0.3 is 0 Å². The Morgan fingerprint density at radius 1 is 1.47 bits per heavy atom. The summed E-state index contributed by atoms with van der Waals surface area (Å²) in [5, 5.41) is 4.00. The predicted molar refractivity (Wildman–Crippen MR) is 69.9 cm³/mol. The molecule has 2 aromatic rings. The van der Waals surface area contributed by atoms with E-state index in [9.17, 15) is 4.39 Å². The molecule has 90 valence electrons. The first-order valence-corrected chi connectivity index (χ1v) is 6.51. The largest absolute Gasteiger partial charge is 0.312 e. The van der Waals surface area contributed by atoms with E-state index in [1.54, 1.807) is 18.3 Å². The summed E-state index contributed by atoms with van der Waals surface area (Å²) in [5.41, 5.74) is 0.463. The third-order valence-electron chi connectivity index (χ3n) is 2.28. The molecule has 0 fully saturated rings. The normalized spacial score (nSPS) is 10.8. The third kappa shape index (κ3) is 2.83. The minimum absolute atomic E-state index is 0.130. The lowest BCUT2D eigenvalue weighted by Gasteiger charge is -2.00. The van der Waals surface area contributed by atoms with Crippen LogP contribution >= 0.6 is 22.9 Å². The molecule has 0 saturated carbocycles. The molecule has 5 heteroatoms. The highest BCUT2D eigenvalue weighted by atomic mass is 35.5. The molecule has 1 heterocycles. The quantitative estimate of drug-likeness (QED) is 0.916. The van der Waals surface area contributed by atoms with Gasteiger partial charge in [0.2, 0.25) is 0 Å². The topological polar surface area (TPSA) is 24.9 Å². The molecule has 0 bridgehead atoms. The molecule has 0 radical (unpaired) electrons. The van der Waals surface area contributed by atoms with Crippen LogP contribution in [-0.2, 0) is 6.54 Å². The van der Waals surface area contributed by atoms with Crippen molar-refractivity contribution in [2.24, 2.45) is 0 Å². The first kappa shape index (κ1) is 12.5. The zero-order valence-electron chi connectivity index (χ0n) is 9.34. The van der Waals surface area contributed by atoms with Gasteiger partial charge in [-0.15, -0.1) is 11.3 Å². The van der Waals surface area contributed by atoms with Crippen molar-refractivity contribution in [2.45, 2.75) is 13.5 Å². The van der Waals surface area contributed by atoms with Crippen LogP contribution in [0.25, 0.3) is 10.6 Å². The van der Waals surface area contributed by atoms with Crippen LogP contribution in [0.3, 0.4) is 0 Å². The summed E-state index contributed by atoms with van der Waals surface area (Å²) in [6.45, 7) is 3.70. The van der Waals surface area contributed by atoms with Gasteiger partial charge in [-0.05, 0) is 18.7 Å². The van der Waals surface area contributed by atoms with Crippen LogP contribution in [0.4, 0.5) is 4.39 Å². The molecule has 0 aliphatic heterocycles. The SMILES string of the molecule is CCNCc1cnc(-c2cccc(Cl)c2F)s1. The van der Waals surface area contributed by atoms with Gasteiger partial charge in [0.15, 0.2) is 5.82 Å². The fourth-order valence-corrected chi connectivity index (χ4v) is 2.51. The zero-order valence-corrected chi connectivity index (χ0v) is 10.9. The van der Waals surface area contributed by atoms with Gasteiger partial charge in [-0.1, -0.05) is 24.6 Å². The van der Waals surface area contributed by atoms with Gasteiger partial charge in [0, 0.05) is 23.2 Å². The fraction of sp³-hybridized carbons (Fsp3) is 0.250. The predicted octanol–water partition coefficient (Wildman–Crippen LogP) is 3.71. The molecule has 0 saturated heterocycles. The number of hydrogen-bond acceptors (Lipinski definition) is 3. The molecule has 1 aromatic heterocycles. The summed E-state index contributed by atoms with van der Waals surface area (Å²) in [5.74, 6) is -0.404. The molecule has 0 aliphatic carbocycles. The molecule has 2 nitrogen and oxygen atoms in total. The van der Waals surface area contributed by atoms with Crippen molar-refractivity contribution in [1.82, 2.24) is 10.3 Å². The van der Waals surface area contributed by atoms with Crippen LogP contribution in [0.1, 0.15) is 11.8 Å². The van der Waals surface area contributed by atoms with E-state index in [4.69, 9.17) is 11.6 Å². The Balaban J connectivity index is 2.27. The van der Waals surface area contributed by atoms with Gasteiger partial charge in [-0.3, -0.25) is 0 Å². The van der Waals surface area contributed by atoms with Crippen LogP contribution in [0.15, 0.2) is 24.4 Å². The summed E-state index contributed by atoms with van der Waals surface area (Å²) in [4.78, 5) is 5.31. The molecule has 0 atom stereocenters. The summed E-state index contributed by atoms with van der Waals surface area (Å²) in [6, 6.07) is 4.96. The third-order valence-corrected chi connectivity index (χ3v) is 3.61. The molecular formula is C12H12ClFN2S. The number of nitrogens with one attached hydrogen (secondary N) is 1. The second-order valence-electron chi connectivity index (χ2n) is 3.51. The number of rotatable bonds is 4. The minimum atomic E-state index is -0.404. The van der Waals surface area contributed by atoms with E-state index in [0.717, 1.165) is 18.0 Å². The lowest BCUT2D eigenvalue weighted by molar-refractivity contribution is 0.631. The van der Waals surface area contributed by atoms with Gasteiger partial charge in [-0.2, -0.15) is 0 Å². The number of benzene rings is 1. The number of thiazole rings is 1. The van der Waals surface area contributed by atoms with E-state index in [-0.39, 0.29) is 5.02 Å². The maximum Gasteiger partial charge on any atom is 0.152 e. The monoisotopic (exact) mass is 270 g/mol. The Hall–Kier alpha value is -0.970. The highest BCUT2D eigenvalue weighted by molar-refractivity contribution is 7.15. The van der Waals surface area contributed by atoms with Crippen LogP contribution in [-0.4, -0.2) is 11.5 Å². The first-order valence-electron chi connectivity index (χ1n) is 5.32. The average molecular weight is 271 g/mol. The molecular weight excluding hydrogens is 259 g/mol. The van der Waals surface area contributed by atoms with Crippen molar-refractivity contribution in [3.63, 3.8) is 0 Å². The van der Waals surface area contributed by atoms with Crippen LogP contribution < -0.4 is 5.32 Å². The molecule has 0 unspecified atom stereocenters. The van der Waals surface area contributed by atoms with E-state index in [2.05, 4.69) is 10.3 Å². The molecule has 0 aliphatic rings. The Kier molecular flexibility index (Phi) is 4.10. The molecule has 0 amide bonds. The maximum atomic E-state index is 13.8.